The van der Waals surface area contributed by atoms with Crippen molar-refractivity contribution in [2.45, 2.75) is 32.3 Å². The molecule has 0 saturated carbocycles. The molecule has 0 aliphatic carbocycles. The van der Waals surface area contributed by atoms with E-state index in [9.17, 15) is 13.2 Å². The fourth-order valence-corrected chi connectivity index (χ4v) is 2.74. The first-order valence-corrected chi connectivity index (χ1v) is 6.65. The molecule has 0 amide bonds. The maximum atomic E-state index is 12.4. The van der Waals surface area contributed by atoms with Gasteiger partial charge in [-0.25, -0.2) is 0 Å². The third kappa shape index (κ3) is 4.38. The highest BCUT2D eigenvalue weighted by molar-refractivity contribution is 5.33. The Morgan fingerprint density at radius 1 is 1.30 bits per heavy atom. The predicted molar refractivity (Wildman–Crippen MR) is 70.2 cm³/mol. The van der Waals surface area contributed by atoms with Crippen molar-refractivity contribution in [2.24, 2.45) is 11.7 Å². The quantitative estimate of drug-likeness (QED) is 0.929. The minimum absolute atomic E-state index is 0.0782. The Bertz CT molecular complexity index is 440. The van der Waals surface area contributed by atoms with Crippen molar-refractivity contribution >= 4 is 0 Å². The van der Waals surface area contributed by atoms with Crippen molar-refractivity contribution in [3.63, 3.8) is 0 Å². The molecule has 1 fully saturated rings. The normalized spacial score (nSPS) is 24.6. The first-order valence-electron chi connectivity index (χ1n) is 6.65. The Kier molecular flexibility index (Phi) is 4.55. The van der Waals surface area contributed by atoms with Crippen LogP contribution in [0.1, 0.15) is 18.9 Å². The standard InChI is InChI=1S/C14H19F3N2O/c1-10-6-12(18)9-19(7-10)8-11-4-2-3-5-13(11)20-14(15,16)17/h2-5,10,12H,6-9,18H2,1H3. The average Bonchev–Trinajstić information content (AvgIpc) is 2.28. The molecule has 1 aliphatic heterocycles. The van der Waals surface area contributed by atoms with E-state index in [0.29, 0.717) is 24.6 Å². The lowest BCUT2D eigenvalue weighted by Gasteiger charge is -2.35. The summed E-state index contributed by atoms with van der Waals surface area (Å²) in [5, 5.41) is 0. The zero-order valence-corrected chi connectivity index (χ0v) is 11.4. The summed E-state index contributed by atoms with van der Waals surface area (Å²) in [5.74, 6) is 0.321. The Morgan fingerprint density at radius 3 is 2.65 bits per heavy atom. The summed E-state index contributed by atoms with van der Waals surface area (Å²) < 4.78 is 41.2. The molecule has 6 heteroatoms. The van der Waals surface area contributed by atoms with Crippen molar-refractivity contribution < 1.29 is 17.9 Å². The highest BCUT2D eigenvalue weighted by Gasteiger charge is 2.32. The lowest BCUT2D eigenvalue weighted by Crippen LogP contribution is -2.45. The smallest absolute Gasteiger partial charge is 0.405 e. The molecule has 0 aromatic heterocycles. The molecule has 1 aromatic rings. The van der Waals surface area contributed by atoms with Crippen LogP contribution in [-0.2, 0) is 6.54 Å². The van der Waals surface area contributed by atoms with Crippen molar-refractivity contribution in [1.82, 2.24) is 4.90 Å². The summed E-state index contributed by atoms with van der Waals surface area (Å²) >= 11 is 0. The first kappa shape index (κ1) is 15.1. The maximum Gasteiger partial charge on any atom is 0.573 e. The van der Waals surface area contributed by atoms with Gasteiger partial charge in [0.1, 0.15) is 5.75 Å². The van der Waals surface area contributed by atoms with Gasteiger partial charge in [0.15, 0.2) is 0 Å². The number of rotatable bonds is 3. The number of nitrogens with zero attached hydrogens (tertiary/aromatic N) is 1. The van der Waals surface area contributed by atoms with Gasteiger partial charge in [0, 0.05) is 31.2 Å². The number of likely N-dealkylation sites (tertiary alicyclic amines) is 1. The van der Waals surface area contributed by atoms with Gasteiger partial charge < -0.3 is 10.5 Å². The highest BCUT2D eigenvalue weighted by atomic mass is 19.4. The first-order chi connectivity index (χ1) is 9.33. The molecule has 0 bridgehead atoms. The monoisotopic (exact) mass is 288 g/mol. The number of nitrogens with two attached hydrogens (primary N) is 1. The average molecular weight is 288 g/mol. The van der Waals surface area contributed by atoms with Gasteiger partial charge in [0.2, 0.25) is 0 Å². The third-order valence-corrected chi connectivity index (χ3v) is 3.36. The number of para-hydroxylation sites is 1. The molecule has 1 aromatic carbocycles. The van der Waals surface area contributed by atoms with Gasteiger partial charge in [-0.2, -0.15) is 0 Å². The van der Waals surface area contributed by atoms with E-state index in [-0.39, 0.29) is 11.8 Å². The number of ether oxygens (including phenoxy) is 1. The second kappa shape index (κ2) is 6.01. The minimum Gasteiger partial charge on any atom is -0.405 e. The van der Waals surface area contributed by atoms with E-state index in [0.717, 1.165) is 13.0 Å². The second-order valence-electron chi connectivity index (χ2n) is 5.45. The molecule has 2 unspecified atom stereocenters. The molecule has 1 saturated heterocycles. The number of hydrogen-bond donors (Lipinski definition) is 1. The van der Waals surface area contributed by atoms with E-state index < -0.39 is 6.36 Å². The Hall–Kier alpha value is -1.27. The molecule has 2 rings (SSSR count). The van der Waals surface area contributed by atoms with Crippen LogP contribution in [0.5, 0.6) is 5.75 Å². The summed E-state index contributed by atoms with van der Waals surface area (Å²) in [6, 6.07) is 6.33. The summed E-state index contributed by atoms with van der Waals surface area (Å²) in [5.41, 5.74) is 6.49. The molecule has 2 N–H and O–H groups in total. The maximum absolute atomic E-state index is 12.4. The van der Waals surface area contributed by atoms with Crippen molar-refractivity contribution in [3.8, 4) is 5.75 Å². The number of hydrogen-bond acceptors (Lipinski definition) is 3. The van der Waals surface area contributed by atoms with Crippen LogP contribution in [0.4, 0.5) is 13.2 Å². The summed E-state index contributed by atoms with van der Waals surface area (Å²) in [6.07, 6.45) is -3.71. The van der Waals surface area contributed by atoms with Crippen LogP contribution in [0, 0.1) is 5.92 Å². The van der Waals surface area contributed by atoms with E-state index in [1.54, 1.807) is 12.1 Å². The van der Waals surface area contributed by atoms with Crippen LogP contribution >= 0.6 is 0 Å². The molecule has 0 spiro atoms. The van der Waals surface area contributed by atoms with Gasteiger partial charge in [-0.3, -0.25) is 4.90 Å². The van der Waals surface area contributed by atoms with Crippen LogP contribution in [0.3, 0.4) is 0 Å². The van der Waals surface area contributed by atoms with Gasteiger partial charge in [0.25, 0.3) is 0 Å². The molecule has 3 nitrogen and oxygen atoms in total. The fraction of sp³-hybridized carbons (Fsp3) is 0.571. The molecular formula is C14H19F3N2O. The third-order valence-electron chi connectivity index (χ3n) is 3.36. The van der Waals surface area contributed by atoms with Crippen LogP contribution in [0.25, 0.3) is 0 Å². The zero-order chi connectivity index (χ0) is 14.8. The molecule has 1 heterocycles. The number of piperidine rings is 1. The zero-order valence-electron chi connectivity index (χ0n) is 11.4. The van der Waals surface area contributed by atoms with Crippen molar-refractivity contribution in [1.29, 1.82) is 0 Å². The van der Waals surface area contributed by atoms with Gasteiger partial charge in [-0.05, 0) is 18.4 Å². The number of benzene rings is 1. The van der Waals surface area contributed by atoms with Crippen molar-refractivity contribution in [3.05, 3.63) is 29.8 Å². The van der Waals surface area contributed by atoms with Crippen LogP contribution < -0.4 is 10.5 Å². The van der Waals surface area contributed by atoms with Crippen LogP contribution in [0.2, 0.25) is 0 Å². The van der Waals surface area contributed by atoms with Gasteiger partial charge in [0.05, 0.1) is 0 Å². The molecular weight excluding hydrogens is 269 g/mol. The van der Waals surface area contributed by atoms with Gasteiger partial charge in [-0.1, -0.05) is 25.1 Å². The number of halogens is 3. The number of alkyl halides is 3. The van der Waals surface area contributed by atoms with E-state index in [4.69, 9.17) is 5.73 Å². The Morgan fingerprint density at radius 2 is 2.00 bits per heavy atom. The fourth-order valence-electron chi connectivity index (χ4n) is 2.74. The van der Waals surface area contributed by atoms with E-state index in [1.807, 2.05) is 0 Å². The van der Waals surface area contributed by atoms with Crippen LogP contribution in [0.15, 0.2) is 24.3 Å². The summed E-state index contributed by atoms with van der Waals surface area (Å²) in [7, 11) is 0. The second-order valence-corrected chi connectivity index (χ2v) is 5.45. The molecule has 20 heavy (non-hydrogen) atoms. The Labute approximate surface area is 116 Å². The van der Waals surface area contributed by atoms with Gasteiger partial charge >= 0.3 is 6.36 Å². The van der Waals surface area contributed by atoms with Crippen LogP contribution in [-0.4, -0.2) is 30.4 Å². The Balaban J connectivity index is 2.09. The van der Waals surface area contributed by atoms with E-state index in [2.05, 4.69) is 16.6 Å². The largest absolute Gasteiger partial charge is 0.573 e. The topological polar surface area (TPSA) is 38.5 Å². The van der Waals surface area contributed by atoms with Gasteiger partial charge in [-0.15, -0.1) is 13.2 Å². The predicted octanol–water partition coefficient (Wildman–Crippen LogP) is 2.75. The molecule has 0 radical (unpaired) electrons. The van der Waals surface area contributed by atoms with E-state index in [1.165, 1.54) is 12.1 Å². The summed E-state index contributed by atoms with van der Waals surface area (Å²) in [4.78, 5) is 2.08. The molecule has 2 atom stereocenters. The highest BCUT2D eigenvalue weighted by Crippen LogP contribution is 2.28. The lowest BCUT2D eigenvalue weighted by atomic mass is 9.96. The van der Waals surface area contributed by atoms with Crippen molar-refractivity contribution in [2.75, 3.05) is 13.1 Å². The summed E-state index contributed by atoms with van der Waals surface area (Å²) in [6.45, 7) is 4.06. The molecule has 1 aliphatic rings. The van der Waals surface area contributed by atoms with E-state index >= 15 is 0 Å². The minimum atomic E-state index is -4.66. The lowest BCUT2D eigenvalue weighted by molar-refractivity contribution is -0.275. The SMILES string of the molecule is CC1CC(N)CN(Cc2ccccc2OC(F)(F)F)C1. The molecule has 112 valence electrons.